The minimum absolute atomic E-state index is 0.543. The Hall–Kier alpha value is -1.09. The second-order valence-corrected chi connectivity index (χ2v) is 4.56. The van der Waals surface area contributed by atoms with Crippen LogP contribution in [0.3, 0.4) is 0 Å². The molecule has 1 aliphatic rings. The van der Waals surface area contributed by atoms with Crippen LogP contribution >= 0.6 is 0 Å². The van der Waals surface area contributed by atoms with Gasteiger partial charge >= 0.3 is 0 Å². The molecule has 2 rings (SSSR count). The van der Waals surface area contributed by atoms with E-state index in [-0.39, 0.29) is 0 Å². The summed E-state index contributed by atoms with van der Waals surface area (Å²) in [4.78, 5) is 4.40. The fraction of sp³-hybridized carbons (Fsp3) is 0.615. The van der Waals surface area contributed by atoms with Crippen LogP contribution in [-0.2, 0) is 6.54 Å². The summed E-state index contributed by atoms with van der Waals surface area (Å²) in [6.07, 6.45) is 5.32. The molecule has 1 aliphatic carbocycles. The molecule has 1 fully saturated rings. The summed E-state index contributed by atoms with van der Waals surface area (Å²) in [5, 5.41) is 0. The molecule has 0 bridgehead atoms. The molecule has 3 heteroatoms. The van der Waals surface area contributed by atoms with Gasteiger partial charge in [0.15, 0.2) is 0 Å². The predicted octanol–water partition coefficient (Wildman–Crippen LogP) is 2.42. The van der Waals surface area contributed by atoms with E-state index in [0.29, 0.717) is 6.54 Å². The maximum Gasteiger partial charge on any atom is 0.213 e. The Labute approximate surface area is 97.0 Å². The van der Waals surface area contributed by atoms with Gasteiger partial charge in [0.1, 0.15) is 0 Å². The predicted molar refractivity (Wildman–Crippen MR) is 64.3 cm³/mol. The Kier molecular flexibility index (Phi) is 3.78. The largest absolute Gasteiger partial charge is 0.477 e. The summed E-state index contributed by atoms with van der Waals surface area (Å²) in [5.41, 5.74) is 7.66. The topological polar surface area (TPSA) is 48.1 Å². The summed E-state index contributed by atoms with van der Waals surface area (Å²) < 4.78 is 5.72. The number of pyridine rings is 1. The van der Waals surface area contributed by atoms with Crippen molar-refractivity contribution >= 4 is 0 Å². The van der Waals surface area contributed by atoms with Crippen molar-refractivity contribution < 1.29 is 4.74 Å². The van der Waals surface area contributed by atoms with E-state index in [9.17, 15) is 0 Å². The van der Waals surface area contributed by atoms with E-state index in [1.807, 2.05) is 19.1 Å². The van der Waals surface area contributed by atoms with E-state index in [1.165, 1.54) is 25.7 Å². The molecule has 1 aromatic heterocycles. The first-order chi connectivity index (χ1) is 7.79. The van der Waals surface area contributed by atoms with Gasteiger partial charge in [-0.15, -0.1) is 0 Å². The van der Waals surface area contributed by atoms with E-state index in [4.69, 9.17) is 10.5 Å². The number of rotatable bonds is 4. The van der Waals surface area contributed by atoms with Gasteiger partial charge in [-0.05, 0) is 31.2 Å². The summed E-state index contributed by atoms with van der Waals surface area (Å²) in [6, 6.07) is 3.93. The molecule has 1 heterocycles. The third-order valence-electron chi connectivity index (χ3n) is 3.33. The third-order valence-corrected chi connectivity index (χ3v) is 3.33. The first-order valence-electron chi connectivity index (χ1n) is 6.09. The van der Waals surface area contributed by atoms with Gasteiger partial charge in [-0.1, -0.05) is 18.9 Å². The highest BCUT2D eigenvalue weighted by atomic mass is 16.5. The Morgan fingerprint density at radius 1 is 1.38 bits per heavy atom. The molecule has 1 saturated carbocycles. The van der Waals surface area contributed by atoms with Crippen molar-refractivity contribution in [2.45, 2.75) is 39.2 Å². The minimum Gasteiger partial charge on any atom is -0.477 e. The summed E-state index contributed by atoms with van der Waals surface area (Å²) >= 11 is 0. The Morgan fingerprint density at radius 3 is 2.75 bits per heavy atom. The van der Waals surface area contributed by atoms with E-state index in [1.54, 1.807) is 0 Å². The Bertz CT molecular complexity index is 346. The highest BCUT2D eigenvalue weighted by molar-refractivity contribution is 5.24. The molecule has 1 aromatic rings. The van der Waals surface area contributed by atoms with Crippen LogP contribution in [0.1, 0.15) is 36.9 Å². The Balaban J connectivity index is 1.91. The van der Waals surface area contributed by atoms with Gasteiger partial charge < -0.3 is 10.5 Å². The first kappa shape index (κ1) is 11.4. The highest BCUT2D eigenvalue weighted by Gasteiger charge is 2.15. The monoisotopic (exact) mass is 220 g/mol. The number of ether oxygens (including phenoxy) is 1. The summed E-state index contributed by atoms with van der Waals surface area (Å²) in [7, 11) is 0. The van der Waals surface area contributed by atoms with Crippen LogP contribution in [0.15, 0.2) is 12.1 Å². The van der Waals surface area contributed by atoms with Crippen molar-refractivity contribution in [3.63, 3.8) is 0 Å². The van der Waals surface area contributed by atoms with Crippen LogP contribution in [-0.4, -0.2) is 11.6 Å². The van der Waals surface area contributed by atoms with E-state index in [0.717, 1.165) is 29.7 Å². The van der Waals surface area contributed by atoms with Crippen LogP contribution in [0, 0.1) is 12.8 Å². The van der Waals surface area contributed by atoms with Crippen molar-refractivity contribution in [2.24, 2.45) is 11.7 Å². The zero-order chi connectivity index (χ0) is 11.4. The summed E-state index contributed by atoms with van der Waals surface area (Å²) in [6.45, 7) is 3.33. The van der Waals surface area contributed by atoms with Gasteiger partial charge in [-0.2, -0.15) is 0 Å². The van der Waals surface area contributed by atoms with Gasteiger partial charge in [0, 0.05) is 18.3 Å². The standard InChI is InChI=1S/C13H20N2O/c1-10-12(8-14)6-7-13(15-10)16-9-11-4-2-3-5-11/h6-7,11H,2-5,8-9,14H2,1H3. The molecule has 2 N–H and O–H groups in total. The number of aromatic nitrogens is 1. The number of hydrogen-bond acceptors (Lipinski definition) is 3. The highest BCUT2D eigenvalue weighted by Crippen LogP contribution is 2.25. The van der Waals surface area contributed by atoms with Crippen LogP contribution in [0.2, 0.25) is 0 Å². The lowest BCUT2D eigenvalue weighted by molar-refractivity contribution is 0.243. The van der Waals surface area contributed by atoms with Crippen LogP contribution < -0.4 is 10.5 Å². The van der Waals surface area contributed by atoms with Crippen LogP contribution in [0.25, 0.3) is 0 Å². The zero-order valence-electron chi connectivity index (χ0n) is 9.91. The second kappa shape index (κ2) is 5.30. The molecule has 0 aromatic carbocycles. The molecule has 0 aliphatic heterocycles. The van der Waals surface area contributed by atoms with E-state index < -0.39 is 0 Å². The quantitative estimate of drug-likeness (QED) is 0.847. The second-order valence-electron chi connectivity index (χ2n) is 4.56. The molecule has 0 amide bonds. The number of aryl methyl sites for hydroxylation is 1. The number of nitrogens with two attached hydrogens (primary N) is 1. The SMILES string of the molecule is Cc1nc(OCC2CCCC2)ccc1CN. The molecular weight excluding hydrogens is 200 g/mol. The van der Waals surface area contributed by atoms with Gasteiger partial charge in [0.2, 0.25) is 5.88 Å². The smallest absolute Gasteiger partial charge is 0.213 e. The molecule has 0 unspecified atom stereocenters. The lowest BCUT2D eigenvalue weighted by atomic mass is 10.1. The fourth-order valence-electron chi connectivity index (χ4n) is 2.24. The lowest BCUT2D eigenvalue weighted by Crippen LogP contribution is -2.10. The van der Waals surface area contributed by atoms with Crippen molar-refractivity contribution in [1.29, 1.82) is 0 Å². The average molecular weight is 220 g/mol. The van der Waals surface area contributed by atoms with Gasteiger partial charge in [-0.25, -0.2) is 4.98 Å². The molecule has 88 valence electrons. The molecular formula is C13H20N2O. The minimum atomic E-state index is 0.543. The Morgan fingerprint density at radius 2 is 2.12 bits per heavy atom. The third kappa shape index (κ3) is 2.73. The normalized spacial score (nSPS) is 16.6. The van der Waals surface area contributed by atoms with Gasteiger partial charge in [0.05, 0.1) is 6.61 Å². The molecule has 0 atom stereocenters. The molecule has 0 spiro atoms. The maximum absolute atomic E-state index is 5.72. The number of hydrogen-bond donors (Lipinski definition) is 1. The van der Waals surface area contributed by atoms with E-state index in [2.05, 4.69) is 4.98 Å². The van der Waals surface area contributed by atoms with Crippen molar-refractivity contribution in [3.05, 3.63) is 23.4 Å². The average Bonchev–Trinajstić information content (AvgIpc) is 2.79. The molecule has 0 radical (unpaired) electrons. The van der Waals surface area contributed by atoms with E-state index >= 15 is 0 Å². The van der Waals surface area contributed by atoms with Crippen LogP contribution in [0.5, 0.6) is 5.88 Å². The van der Waals surface area contributed by atoms with Crippen molar-refractivity contribution in [1.82, 2.24) is 4.98 Å². The van der Waals surface area contributed by atoms with Crippen molar-refractivity contribution in [3.8, 4) is 5.88 Å². The number of nitrogens with zero attached hydrogens (tertiary/aromatic N) is 1. The first-order valence-corrected chi connectivity index (χ1v) is 6.09. The molecule has 0 saturated heterocycles. The molecule has 16 heavy (non-hydrogen) atoms. The summed E-state index contributed by atoms with van der Waals surface area (Å²) in [5.74, 6) is 1.47. The van der Waals surface area contributed by atoms with Crippen LogP contribution in [0.4, 0.5) is 0 Å². The maximum atomic E-state index is 5.72. The van der Waals surface area contributed by atoms with Crippen molar-refractivity contribution in [2.75, 3.05) is 6.61 Å². The van der Waals surface area contributed by atoms with Gasteiger partial charge in [-0.3, -0.25) is 0 Å². The zero-order valence-corrected chi connectivity index (χ0v) is 9.91. The fourth-order valence-corrected chi connectivity index (χ4v) is 2.24. The molecule has 3 nitrogen and oxygen atoms in total. The van der Waals surface area contributed by atoms with Gasteiger partial charge in [0.25, 0.3) is 0 Å². The lowest BCUT2D eigenvalue weighted by Gasteiger charge is -2.11.